The van der Waals surface area contributed by atoms with Gasteiger partial charge in [-0.05, 0) is 63.9 Å². The molecule has 2 aliphatic heterocycles. The van der Waals surface area contributed by atoms with Crippen molar-refractivity contribution in [2.24, 2.45) is 0 Å². The second kappa shape index (κ2) is 8.36. The average Bonchev–Trinajstić information content (AvgIpc) is 2.87. The van der Waals surface area contributed by atoms with E-state index in [0.29, 0.717) is 5.69 Å². The Morgan fingerprint density at radius 2 is 1.58 bits per heavy atom. The maximum Gasteiger partial charge on any atom is 0.494 e. The topological polar surface area (TPSA) is 74.3 Å². The monoisotopic (exact) mass is 425 g/mol. The van der Waals surface area contributed by atoms with Crippen molar-refractivity contribution in [3.05, 3.63) is 59.5 Å². The Kier molecular flexibility index (Phi) is 6.16. The van der Waals surface area contributed by atoms with Gasteiger partial charge in [-0.25, -0.2) is 9.59 Å². The Hall–Kier alpha value is -2.84. The number of methoxy groups -OCH3 is 2. The molecule has 2 aliphatic rings. The van der Waals surface area contributed by atoms with E-state index >= 15 is 0 Å². The van der Waals surface area contributed by atoms with E-state index in [1.54, 1.807) is 23.3 Å². The van der Waals surface area contributed by atoms with Crippen LogP contribution in [0.1, 0.15) is 33.3 Å². The summed E-state index contributed by atoms with van der Waals surface area (Å²) in [6.45, 7) is 9.89. The molecule has 1 fully saturated rings. The van der Waals surface area contributed by atoms with Crippen molar-refractivity contribution in [3.8, 4) is 0 Å². The number of aryl methyl sites for hydroxylation is 1. The van der Waals surface area contributed by atoms with Crippen LogP contribution in [0.3, 0.4) is 0 Å². The van der Waals surface area contributed by atoms with Crippen LogP contribution >= 0.6 is 0 Å². The molecular weight excluding hydrogens is 397 g/mol. The minimum atomic E-state index is -0.656. The molecule has 164 valence electrons. The van der Waals surface area contributed by atoms with Gasteiger partial charge in [-0.2, -0.15) is 0 Å². The third kappa shape index (κ3) is 4.18. The van der Waals surface area contributed by atoms with E-state index in [-0.39, 0.29) is 11.3 Å². The van der Waals surface area contributed by atoms with Crippen LogP contribution in [0.2, 0.25) is 0 Å². The average molecular weight is 425 g/mol. The molecule has 7 nitrogen and oxygen atoms in total. The van der Waals surface area contributed by atoms with Crippen molar-refractivity contribution in [1.82, 2.24) is 0 Å². The van der Waals surface area contributed by atoms with E-state index in [9.17, 15) is 9.59 Å². The maximum absolute atomic E-state index is 12.7. The smallest absolute Gasteiger partial charge is 0.465 e. The van der Waals surface area contributed by atoms with Crippen LogP contribution in [-0.4, -0.2) is 44.5 Å². The zero-order chi connectivity index (χ0) is 23.0. The summed E-state index contributed by atoms with van der Waals surface area (Å²) >= 11 is 0. The lowest BCUT2D eigenvalue weighted by atomic mass is 9.78. The summed E-state index contributed by atoms with van der Waals surface area (Å²) in [6.07, 6.45) is 6.64. The van der Waals surface area contributed by atoms with E-state index < -0.39 is 30.3 Å². The minimum Gasteiger partial charge on any atom is -0.465 e. The molecule has 2 heterocycles. The van der Waals surface area contributed by atoms with Crippen molar-refractivity contribution < 1.29 is 28.4 Å². The molecule has 0 saturated carbocycles. The number of anilines is 1. The highest BCUT2D eigenvalue weighted by atomic mass is 16.7. The van der Waals surface area contributed by atoms with Gasteiger partial charge in [-0.3, -0.25) is 0 Å². The second-order valence-corrected chi connectivity index (χ2v) is 8.45. The normalized spacial score (nSPS) is 19.5. The van der Waals surface area contributed by atoms with Gasteiger partial charge in [0.25, 0.3) is 0 Å². The van der Waals surface area contributed by atoms with Crippen molar-refractivity contribution in [1.29, 1.82) is 0 Å². The maximum atomic E-state index is 12.7. The summed E-state index contributed by atoms with van der Waals surface area (Å²) in [5, 5.41) is 0. The molecule has 0 amide bonds. The summed E-state index contributed by atoms with van der Waals surface area (Å²) in [4.78, 5) is 26.7. The van der Waals surface area contributed by atoms with E-state index in [1.807, 2.05) is 52.8 Å². The molecule has 1 aromatic rings. The lowest BCUT2D eigenvalue weighted by molar-refractivity contribution is -0.139. The summed E-state index contributed by atoms with van der Waals surface area (Å²) in [7, 11) is 1.98. The van der Waals surface area contributed by atoms with E-state index in [2.05, 4.69) is 0 Å². The first kappa shape index (κ1) is 22.8. The Labute approximate surface area is 183 Å². The fourth-order valence-electron chi connectivity index (χ4n) is 3.36. The van der Waals surface area contributed by atoms with Crippen molar-refractivity contribution in [2.45, 2.75) is 45.8 Å². The zero-order valence-electron chi connectivity index (χ0n) is 19.0. The van der Waals surface area contributed by atoms with Gasteiger partial charge < -0.3 is 23.7 Å². The number of rotatable bonds is 4. The summed E-state index contributed by atoms with van der Waals surface area (Å²) < 4.78 is 22.2. The van der Waals surface area contributed by atoms with Crippen LogP contribution in [-0.2, 0) is 28.4 Å². The third-order valence-electron chi connectivity index (χ3n) is 5.91. The molecule has 0 aromatic heterocycles. The Morgan fingerprint density at radius 3 is 2.16 bits per heavy atom. The summed E-state index contributed by atoms with van der Waals surface area (Å²) in [5.74, 6) is -1.29. The number of nitrogens with zero attached hydrogens (tertiary/aromatic N) is 1. The summed E-state index contributed by atoms with van der Waals surface area (Å²) in [6, 6.07) is 5.75. The molecule has 8 heteroatoms. The quantitative estimate of drug-likeness (QED) is 0.543. The van der Waals surface area contributed by atoms with E-state index in [0.717, 1.165) is 11.0 Å². The van der Waals surface area contributed by atoms with Gasteiger partial charge in [-0.15, -0.1) is 0 Å². The van der Waals surface area contributed by atoms with Crippen molar-refractivity contribution in [3.63, 3.8) is 0 Å². The Bertz CT molecular complexity index is 976. The highest BCUT2D eigenvalue weighted by molar-refractivity contribution is 6.62. The van der Waals surface area contributed by atoms with Crippen LogP contribution in [0.15, 0.2) is 53.9 Å². The molecule has 31 heavy (non-hydrogen) atoms. The molecule has 0 N–H and O–H groups in total. The van der Waals surface area contributed by atoms with Gasteiger partial charge in [0, 0.05) is 11.9 Å². The zero-order valence-corrected chi connectivity index (χ0v) is 19.0. The predicted molar refractivity (Wildman–Crippen MR) is 119 cm³/mol. The van der Waals surface area contributed by atoms with Crippen molar-refractivity contribution in [2.75, 3.05) is 19.1 Å². The van der Waals surface area contributed by atoms with Crippen LogP contribution in [0.25, 0.3) is 0 Å². The van der Waals surface area contributed by atoms with Crippen LogP contribution in [0.4, 0.5) is 5.69 Å². The van der Waals surface area contributed by atoms with Crippen molar-refractivity contribution >= 4 is 30.2 Å². The number of hydrogen-bond acceptors (Lipinski definition) is 7. The Balaban J connectivity index is 2.12. The number of allylic oxidation sites excluding steroid dienone is 2. The fraction of sp³-hybridized carbons (Fsp3) is 0.391. The minimum absolute atomic E-state index is 0.0634. The molecule has 1 aromatic carbocycles. The molecule has 0 radical (unpaired) electrons. The van der Waals surface area contributed by atoms with Crippen LogP contribution in [0.5, 0.6) is 0 Å². The first-order valence-electron chi connectivity index (χ1n) is 10.0. The first-order valence-corrected chi connectivity index (χ1v) is 10.0. The van der Waals surface area contributed by atoms with Gasteiger partial charge in [-0.1, -0.05) is 18.2 Å². The van der Waals surface area contributed by atoms with Gasteiger partial charge >= 0.3 is 19.1 Å². The van der Waals surface area contributed by atoms with E-state index in [1.165, 1.54) is 20.3 Å². The third-order valence-corrected chi connectivity index (χ3v) is 5.91. The number of esters is 2. The SMILES string of the molecule is COC(=O)C1=C(C(=O)OC)N(c2cc(B3OC(C)(C)C(C)(C)O3)ccc2C)C=CC=C1. The highest BCUT2D eigenvalue weighted by Crippen LogP contribution is 2.37. The number of ether oxygens (including phenoxy) is 2. The van der Waals surface area contributed by atoms with Crippen LogP contribution < -0.4 is 10.4 Å². The fourth-order valence-corrected chi connectivity index (χ4v) is 3.36. The lowest BCUT2D eigenvalue weighted by Crippen LogP contribution is -2.41. The van der Waals surface area contributed by atoms with Crippen LogP contribution in [0, 0.1) is 6.92 Å². The molecule has 0 spiro atoms. The largest absolute Gasteiger partial charge is 0.494 e. The molecule has 1 saturated heterocycles. The number of carbonyl (C=O) groups is 2. The number of hydrogen-bond donors (Lipinski definition) is 0. The van der Waals surface area contributed by atoms with Gasteiger partial charge in [0.05, 0.1) is 31.0 Å². The van der Waals surface area contributed by atoms with E-state index in [4.69, 9.17) is 18.8 Å². The summed E-state index contributed by atoms with van der Waals surface area (Å²) in [5.41, 5.74) is 1.57. The van der Waals surface area contributed by atoms with Gasteiger partial charge in [0.15, 0.2) is 0 Å². The lowest BCUT2D eigenvalue weighted by Gasteiger charge is -2.32. The molecular formula is C23H28BNO6. The standard InChI is InChI=1S/C23H28BNO6/c1-15-11-12-16(24-30-22(2,3)23(4,5)31-24)14-18(15)25-13-9-8-10-17(20(26)28-6)19(25)21(27)29-7/h8-14H,1-7H3. The van der Waals surface area contributed by atoms with Gasteiger partial charge in [0.2, 0.25) is 0 Å². The van der Waals surface area contributed by atoms with Gasteiger partial charge in [0.1, 0.15) is 5.70 Å². The molecule has 0 aliphatic carbocycles. The molecule has 0 unspecified atom stereocenters. The highest BCUT2D eigenvalue weighted by Gasteiger charge is 2.51. The number of carbonyl (C=O) groups excluding carboxylic acids is 2. The molecule has 3 rings (SSSR count). The first-order chi connectivity index (χ1) is 14.5. The number of benzene rings is 1. The molecule has 0 atom stereocenters. The second-order valence-electron chi connectivity index (χ2n) is 8.45. The predicted octanol–water partition coefficient (Wildman–Crippen LogP) is 2.78. The molecule has 0 bridgehead atoms. The Morgan fingerprint density at radius 1 is 0.968 bits per heavy atom.